The van der Waals surface area contributed by atoms with Crippen LogP contribution in [0.2, 0.25) is 0 Å². The number of amides is 1. The molecule has 1 amide bonds. The fraction of sp³-hybridized carbons (Fsp3) is 0.486. The molecule has 0 radical (unpaired) electrons. The zero-order chi connectivity index (χ0) is 35.8. The van der Waals surface area contributed by atoms with Crippen molar-refractivity contribution in [3.8, 4) is 11.1 Å². The summed E-state index contributed by atoms with van der Waals surface area (Å²) in [5.41, 5.74) is 4.74. The van der Waals surface area contributed by atoms with Crippen LogP contribution in [0.1, 0.15) is 17.0 Å². The highest BCUT2D eigenvalue weighted by Crippen LogP contribution is 2.44. The highest BCUT2D eigenvalue weighted by atomic mass is 32.2. The summed E-state index contributed by atoms with van der Waals surface area (Å²) < 4.78 is 72.6. The van der Waals surface area contributed by atoms with Gasteiger partial charge < -0.3 is 43.2 Å². The van der Waals surface area contributed by atoms with Crippen molar-refractivity contribution in [2.24, 2.45) is 0 Å². The summed E-state index contributed by atoms with van der Waals surface area (Å²) in [5, 5.41) is 2.73. The van der Waals surface area contributed by atoms with Gasteiger partial charge in [0.2, 0.25) is 0 Å². The molecule has 13 nitrogen and oxygen atoms in total. The van der Waals surface area contributed by atoms with Crippen molar-refractivity contribution in [2.75, 3.05) is 112 Å². The number of fused-ring (bicyclic) bond motifs is 3. The molecular formula is C37H49NO12S. The summed E-state index contributed by atoms with van der Waals surface area (Å²) in [4.78, 5) is 12.3. The molecule has 0 heterocycles. The smallest absolute Gasteiger partial charge is 0.407 e. The van der Waals surface area contributed by atoms with E-state index in [0.29, 0.717) is 92.4 Å². The van der Waals surface area contributed by atoms with Gasteiger partial charge >= 0.3 is 6.09 Å². The number of hydrogen-bond acceptors (Lipinski definition) is 12. The normalized spacial score (nSPS) is 12.5. The van der Waals surface area contributed by atoms with Gasteiger partial charge in [0.15, 0.2) is 0 Å². The molecule has 1 aliphatic rings. The third-order valence-corrected chi connectivity index (χ3v) is 8.92. The molecule has 280 valence electrons. The molecule has 0 saturated heterocycles. The number of hydrogen-bond donors (Lipinski definition) is 1. The number of alkyl carbamates (subject to hydrolysis) is 1. The van der Waals surface area contributed by atoms with E-state index in [9.17, 15) is 13.2 Å². The number of benzene rings is 3. The molecule has 0 fully saturated rings. The first-order valence-electron chi connectivity index (χ1n) is 17.1. The first-order valence-corrected chi connectivity index (χ1v) is 18.5. The summed E-state index contributed by atoms with van der Waals surface area (Å²) in [6.07, 6.45) is -0.462. The first kappa shape index (κ1) is 40.3. The van der Waals surface area contributed by atoms with Crippen LogP contribution in [0.3, 0.4) is 0 Å². The van der Waals surface area contributed by atoms with Crippen molar-refractivity contribution in [1.29, 1.82) is 0 Å². The minimum Gasteiger partial charge on any atom is -0.449 e. The Labute approximate surface area is 300 Å². The molecule has 3 aromatic carbocycles. The van der Waals surface area contributed by atoms with Crippen LogP contribution in [0, 0.1) is 0 Å². The Hall–Kier alpha value is -3.44. The predicted molar refractivity (Wildman–Crippen MR) is 188 cm³/mol. The second kappa shape index (κ2) is 23.9. The number of rotatable bonds is 28. The zero-order valence-corrected chi connectivity index (χ0v) is 29.7. The fourth-order valence-corrected chi connectivity index (χ4v) is 6.07. The average molecular weight is 732 g/mol. The topological polar surface area (TPSA) is 146 Å². The van der Waals surface area contributed by atoms with Crippen LogP contribution in [-0.4, -0.2) is 127 Å². The second-order valence-electron chi connectivity index (χ2n) is 11.1. The largest absolute Gasteiger partial charge is 0.449 e. The van der Waals surface area contributed by atoms with Gasteiger partial charge in [-0.1, -0.05) is 66.7 Å². The maximum absolute atomic E-state index is 12.2. The molecule has 0 aromatic heterocycles. The molecule has 0 unspecified atom stereocenters. The van der Waals surface area contributed by atoms with Crippen LogP contribution >= 0.6 is 0 Å². The van der Waals surface area contributed by atoms with E-state index in [0.717, 1.165) is 0 Å². The van der Waals surface area contributed by atoms with Crippen LogP contribution in [0.25, 0.3) is 11.1 Å². The molecule has 4 rings (SSSR count). The van der Waals surface area contributed by atoms with E-state index >= 15 is 0 Å². The van der Waals surface area contributed by atoms with E-state index in [2.05, 4.69) is 29.6 Å². The van der Waals surface area contributed by atoms with E-state index < -0.39 is 16.2 Å². The molecule has 0 spiro atoms. The summed E-state index contributed by atoms with van der Waals surface area (Å²) in [6, 6.07) is 24.4. The molecule has 0 atom stereocenters. The van der Waals surface area contributed by atoms with E-state index in [1.54, 1.807) is 18.2 Å². The Morgan fingerprint density at radius 1 is 0.510 bits per heavy atom. The van der Waals surface area contributed by atoms with Gasteiger partial charge in [-0.2, -0.15) is 8.42 Å². The maximum atomic E-state index is 12.2. The van der Waals surface area contributed by atoms with Gasteiger partial charge in [0.1, 0.15) is 6.61 Å². The Morgan fingerprint density at radius 3 is 1.37 bits per heavy atom. The van der Waals surface area contributed by atoms with Crippen LogP contribution in [0.15, 0.2) is 83.8 Å². The Kier molecular flexibility index (Phi) is 18.9. The summed E-state index contributed by atoms with van der Waals surface area (Å²) in [5.74, 6) is 0.0295. The van der Waals surface area contributed by atoms with Crippen molar-refractivity contribution in [3.05, 3.63) is 90.0 Å². The van der Waals surface area contributed by atoms with Crippen LogP contribution in [0.5, 0.6) is 0 Å². The molecule has 14 heteroatoms. The summed E-state index contributed by atoms with van der Waals surface area (Å²) in [6.45, 7) is 6.10. The minimum atomic E-state index is -3.77. The van der Waals surface area contributed by atoms with Gasteiger partial charge in [0.05, 0.1) is 104 Å². The average Bonchev–Trinajstić information content (AvgIpc) is 3.47. The Balaban J connectivity index is 0.833. The highest BCUT2D eigenvalue weighted by Gasteiger charge is 2.29. The van der Waals surface area contributed by atoms with Crippen molar-refractivity contribution in [3.63, 3.8) is 0 Å². The van der Waals surface area contributed by atoms with Crippen molar-refractivity contribution < 1.29 is 55.3 Å². The predicted octanol–water partition coefficient (Wildman–Crippen LogP) is 4.05. The molecular weight excluding hydrogens is 682 g/mol. The third kappa shape index (κ3) is 15.0. The molecule has 3 aromatic rings. The van der Waals surface area contributed by atoms with E-state index in [1.807, 2.05) is 24.3 Å². The SMILES string of the molecule is O=C(NCCOCCOCCOCCOCCOCCOCCOCCOS(=O)(=O)c1ccccc1)OCC1c2ccccc2-c2ccccc21. The van der Waals surface area contributed by atoms with Crippen molar-refractivity contribution in [1.82, 2.24) is 5.32 Å². The molecule has 0 bridgehead atoms. The van der Waals surface area contributed by atoms with E-state index in [1.165, 1.54) is 34.4 Å². The number of carbonyl (C=O) groups is 1. The Bertz CT molecular complexity index is 1460. The highest BCUT2D eigenvalue weighted by molar-refractivity contribution is 7.86. The van der Waals surface area contributed by atoms with Crippen LogP contribution < -0.4 is 5.32 Å². The van der Waals surface area contributed by atoms with Crippen molar-refractivity contribution in [2.45, 2.75) is 10.8 Å². The lowest BCUT2D eigenvalue weighted by Crippen LogP contribution is -2.29. The number of nitrogens with one attached hydrogen (secondary N) is 1. The van der Waals surface area contributed by atoms with Gasteiger partial charge in [-0.3, -0.25) is 4.18 Å². The lowest BCUT2D eigenvalue weighted by Gasteiger charge is -2.14. The lowest BCUT2D eigenvalue weighted by molar-refractivity contribution is -0.0210. The standard InChI is InChI=1S/C37H49NO12S/c39-37(49-30-36-34-12-6-4-10-32(34)33-11-5-7-13-35(33)36)38-14-15-42-16-17-43-18-19-44-20-21-45-22-23-46-24-25-47-26-27-48-28-29-50-51(40,41)31-8-2-1-3-9-31/h1-13,36H,14-30H2,(H,38,39). The van der Waals surface area contributed by atoms with Gasteiger partial charge in [-0.25, -0.2) is 4.79 Å². The minimum absolute atomic E-state index is 0.0295. The van der Waals surface area contributed by atoms with Gasteiger partial charge in [-0.05, 0) is 34.4 Å². The van der Waals surface area contributed by atoms with Gasteiger partial charge in [0, 0.05) is 12.5 Å². The quantitative estimate of drug-likeness (QED) is 0.0850. The molecule has 1 N–H and O–H groups in total. The second-order valence-corrected chi connectivity index (χ2v) is 12.7. The van der Waals surface area contributed by atoms with E-state index in [4.69, 9.17) is 42.1 Å². The molecule has 51 heavy (non-hydrogen) atoms. The Morgan fingerprint density at radius 2 is 0.902 bits per heavy atom. The number of carbonyl (C=O) groups excluding carboxylic acids is 1. The van der Waals surface area contributed by atoms with Crippen LogP contribution in [-0.2, 0) is 52.2 Å². The van der Waals surface area contributed by atoms with Gasteiger partial charge in [-0.15, -0.1) is 0 Å². The zero-order valence-electron chi connectivity index (χ0n) is 28.9. The molecule has 1 aliphatic carbocycles. The molecule has 0 aliphatic heterocycles. The molecule has 0 saturated carbocycles. The van der Waals surface area contributed by atoms with E-state index in [-0.39, 0.29) is 30.6 Å². The fourth-order valence-electron chi connectivity index (χ4n) is 5.15. The summed E-state index contributed by atoms with van der Waals surface area (Å²) >= 11 is 0. The summed E-state index contributed by atoms with van der Waals surface area (Å²) in [7, 11) is -3.77. The van der Waals surface area contributed by atoms with Gasteiger partial charge in [0.25, 0.3) is 10.1 Å². The number of ether oxygens (including phenoxy) is 8. The first-order chi connectivity index (χ1) is 25.1. The lowest BCUT2D eigenvalue weighted by atomic mass is 9.98. The third-order valence-electron chi connectivity index (χ3n) is 7.59. The van der Waals surface area contributed by atoms with Crippen molar-refractivity contribution >= 4 is 16.2 Å². The monoisotopic (exact) mass is 731 g/mol. The van der Waals surface area contributed by atoms with Crippen LogP contribution in [0.4, 0.5) is 4.79 Å². The maximum Gasteiger partial charge on any atom is 0.407 e.